The van der Waals surface area contributed by atoms with E-state index in [-0.39, 0.29) is 22.4 Å². The Bertz CT molecular complexity index is 1130. The number of aliphatic carboxylic acids is 1. The van der Waals surface area contributed by atoms with Crippen molar-refractivity contribution >= 4 is 45.2 Å². The molecular weight excluding hydrogens is 511 g/mol. The number of carboxylic acids is 1. The van der Waals surface area contributed by atoms with Crippen molar-refractivity contribution in [1.82, 2.24) is 9.79 Å². The van der Waals surface area contributed by atoms with Crippen LogP contribution in [0.3, 0.4) is 0 Å². The molecule has 0 aliphatic heterocycles. The molecule has 0 saturated heterocycles. The Labute approximate surface area is 206 Å². The maximum Gasteiger partial charge on any atom is 0.322 e. The number of nitrogens with two attached hydrogens (primary N) is 1. The van der Waals surface area contributed by atoms with Gasteiger partial charge in [0.2, 0.25) is 16.0 Å². The number of phenolic OH excluding ortho intramolecular Hbond substituents is 1. The molecule has 0 aromatic heterocycles. The van der Waals surface area contributed by atoms with Gasteiger partial charge in [0.1, 0.15) is 16.7 Å². The highest BCUT2D eigenvalue weighted by molar-refractivity contribution is 7.89. The van der Waals surface area contributed by atoms with Gasteiger partial charge in [0.05, 0.1) is 18.2 Å². The van der Waals surface area contributed by atoms with E-state index in [2.05, 4.69) is 4.72 Å². The van der Waals surface area contributed by atoms with E-state index in [1.165, 1.54) is 7.05 Å². The highest BCUT2D eigenvalue weighted by atomic mass is 35.5. The average Bonchev–Trinajstić information content (AvgIpc) is 2.76. The second-order valence-corrected chi connectivity index (χ2v) is 9.54. The summed E-state index contributed by atoms with van der Waals surface area (Å²) < 4.78 is 32.9. The topological polar surface area (TPSA) is 175 Å². The molecule has 0 fully saturated rings. The predicted molar refractivity (Wildman–Crippen MR) is 126 cm³/mol. The zero-order valence-corrected chi connectivity index (χ0v) is 20.3. The number of carboxylic acid groups (broad SMARTS) is 1. The van der Waals surface area contributed by atoms with E-state index < -0.39 is 32.7 Å². The Kier molecular flexibility index (Phi) is 9.77. The molecule has 2 aromatic rings. The van der Waals surface area contributed by atoms with Crippen molar-refractivity contribution in [1.29, 1.82) is 5.41 Å². The number of rotatable bonds is 12. The summed E-state index contributed by atoms with van der Waals surface area (Å²) in [6, 6.07) is 7.05. The molecule has 0 aliphatic carbocycles. The van der Waals surface area contributed by atoms with Gasteiger partial charge in [-0.05, 0) is 36.2 Å². The third kappa shape index (κ3) is 7.92. The molecule has 0 unspecified atom stereocenters. The number of guanidine groups is 1. The van der Waals surface area contributed by atoms with E-state index in [0.29, 0.717) is 30.9 Å². The molecule has 11 nitrogen and oxygen atoms in total. The Morgan fingerprint density at radius 1 is 1.24 bits per heavy atom. The van der Waals surface area contributed by atoms with Gasteiger partial charge in [-0.15, -0.1) is 0 Å². The molecule has 1 atom stereocenters. The van der Waals surface area contributed by atoms with Crippen LogP contribution in [0.1, 0.15) is 12.0 Å². The van der Waals surface area contributed by atoms with E-state index in [1.807, 2.05) is 0 Å². The number of nitrogens with zero attached hydrogens (tertiary/aromatic N) is 1. The molecule has 0 aliphatic rings. The fraction of sp³-hybridized carbons (Fsp3) is 0.300. The number of ether oxygens (including phenoxy) is 1. The molecule has 0 bridgehead atoms. The minimum atomic E-state index is -4.45. The van der Waals surface area contributed by atoms with Gasteiger partial charge in [0.15, 0.2) is 5.75 Å². The predicted octanol–water partition coefficient (Wildman–Crippen LogP) is 2.20. The van der Waals surface area contributed by atoms with Gasteiger partial charge >= 0.3 is 5.97 Å². The van der Waals surface area contributed by atoms with E-state index in [4.69, 9.17) is 43.9 Å². The Morgan fingerprint density at radius 3 is 2.47 bits per heavy atom. The van der Waals surface area contributed by atoms with Crippen LogP contribution in [0.4, 0.5) is 0 Å². The second kappa shape index (κ2) is 12.1. The first-order valence-electron chi connectivity index (χ1n) is 9.76. The number of sulfonamides is 1. The lowest BCUT2D eigenvalue weighted by Gasteiger charge is -2.17. The van der Waals surface area contributed by atoms with Gasteiger partial charge in [-0.25, -0.2) is 13.5 Å². The van der Waals surface area contributed by atoms with Crippen LogP contribution in [0, 0.1) is 5.41 Å². The monoisotopic (exact) mass is 534 g/mol. The molecule has 2 aromatic carbocycles. The number of benzene rings is 2. The van der Waals surface area contributed by atoms with Gasteiger partial charge in [0.25, 0.3) is 0 Å². The molecular formula is C20H24Cl2N4O7S. The molecule has 6 N–H and O–H groups in total. The van der Waals surface area contributed by atoms with Gasteiger partial charge in [-0.3, -0.25) is 15.0 Å². The zero-order valence-electron chi connectivity index (χ0n) is 18.0. The summed E-state index contributed by atoms with van der Waals surface area (Å²) in [5, 5.41) is 27.5. The molecule has 0 radical (unpaired) electrons. The van der Waals surface area contributed by atoms with E-state index in [1.54, 1.807) is 24.3 Å². The van der Waals surface area contributed by atoms with Crippen LogP contribution in [0.15, 0.2) is 41.3 Å². The van der Waals surface area contributed by atoms with Crippen LogP contribution in [0.5, 0.6) is 11.5 Å². The number of hydroxylamine groups is 2. The van der Waals surface area contributed by atoms with Crippen molar-refractivity contribution in [2.75, 3.05) is 20.3 Å². The zero-order chi connectivity index (χ0) is 25.5. The molecule has 0 spiro atoms. The van der Waals surface area contributed by atoms with Crippen LogP contribution in [-0.2, 0) is 26.1 Å². The van der Waals surface area contributed by atoms with E-state index in [9.17, 15) is 23.4 Å². The molecule has 186 valence electrons. The van der Waals surface area contributed by atoms with Crippen molar-refractivity contribution < 1.29 is 33.0 Å². The first-order valence-corrected chi connectivity index (χ1v) is 12.0. The second-order valence-electron chi connectivity index (χ2n) is 7.01. The van der Waals surface area contributed by atoms with Crippen LogP contribution < -0.4 is 15.2 Å². The third-order valence-corrected chi connectivity index (χ3v) is 6.41. The number of nitrogens with one attached hydrogen (secondary N) is 2. The van der Waals surface area contributed by atoms with Crippen LogP contribution in [-0.4, -0.2) is 61.9 Å². The van der Waals surface area contributed by atoms with Crippen LogP contribution in [0.25, 0.3) is 0 Å². The van der Waals surface area contributed by atoms with Gasteiger partial charge in [0, 0.05) is 18.5 Å². The molecule has 34 heavy (non-hydrogen) atoms. The lowest BCUT2D eigenvalue weighted by molar-refractivity contribution is -0.138. The van der Waals surface area contributed by atoms with Crippen molar-refractivity contribution in [3.63, 3.8) is 0 Å². The molecule has 14 heteroatoms. The quantitative estimate of drug-likeness (QED) is 0.118. The van der Waals surface area contributed by atoms with Crippen molar-refractivity contribution in [2.45, 2.75) is 23.8 Å². The highest BCUT2D eigenvalue weighted by Gasteiger charge is 2.29. The smallest absolute Gasteiger partial charge is 0.322 e. The van der Waals surface area contributed by atoms with Crippen molar-refractivity contribution in [3.8, 4) is 11.5 Å². The summed E-state index contributed by atoms with van der Waals surface area (Å²) in [6.45, 7) is 0.621. The van der Waals surface area contributed by atoms with E-state index in [0.717, 1.165) is 17.2 Å². The summed E-state index contributed by atoms with van der Waals surface area (Å²) >= 11 is 11.6. The summed E-state index contributed by atoms with van der Waals surface area (Å²) in [5.74, 6) is -1.84. The van der Waals surface area contributed by atoms with Gasteiger partial charge < -0.3 is 20.7 Å². The molecule has 0 heterocycles. The minimum Gasteiger partial charge on any atom is -0.505 e. The Hall–Kier alpha value is -2.77. The maximum absolute atomic E-state index is 12.7. The van der Waals surface area contributed by atoms with Gasteiger partial charge in [-0.2, -0.15) is 4.72 Å². The van der Waals surface area contributed by atoms with Crippen molar-refractivity contribution in [2.24, 2.45) is 5.73 Å². The molecule has 2 rings (SSSR count). The number of halogens is 2. The summed E-state index contributed by atoms with van der Waals surface area (Å²) in [5.41, 5.74) is 5.78. The summed E-state index contributed by atoms with van der Waals surface area (Å²) in [6.07, 6.45) is 0.359. The Morgan fingerprint density at radius 2 is 1.88 bits per heavy atom. The maximum atomic E-state index is 12.7. The SMILES string of the molecule is CN(OCCCOc1ccc(C[C@H](NS(=O)(=O)c2cc(Cl)cc(Cl)c2O)C(=O)O)cc1)C(=N)N. The fourth-order valence-electron chi connectivity index (χ4n) is 2.65. The Balaban J connectivity index is 1.98. The number of aromatic hydroxyl groups is 1. The van der Waals surface area contributed by atoms with Crippen molar-refractivity contribution in [3.05, 3.63) is 52.0 Å². The minimum absolute atomic E-state index is 0.0388. The number of phenols is 1. The standard InChI is InChI=1S/C20H24Cl2N4O7S/c1-26(20(23)24)33-8-2-7-32-14-5-3-12(4-6-14)9-16(19(28)29)25-34(30,31)17-11-13(21)10-15(22)18(17)27/h3-6,10-11,16,25,27H,2,7-9H2,1H3,(H3,23,24)(H,28,29)/t16-/m0/s1. The number of hydrogen-bond donors (Lipinski definition) is 5. The lowest BCUT2D eigenvalue weighted by Crippen LogP contribution is -2.42. The number of hydrogen-bond acceptors (Lipinski definition) is 7. The van der Waals surface area contributed by atoms with Crippen LogP contribution in [0.2, 0.25) is 10.0 Å². The average molecular weight is 535 g/mol. The van der Waals surface area contributed by atoms with Crippen LogP contribution >= 0.6 is 23.2 Å². The summed E-state index contributed by atoms with van der Waals surface area (Å²) in [7, 11) is -2.94. The van der Waals surface area contributed by atoms with Gasteiger partial charge in [-0.1, -0.05) is 35.3 Å². The normalized spacial score (nSPS) is 12.2. The number of carbonyl (C=O) groups is 1. The van der Waals surface area contributed by atoms with E-state index >= 15 is 0 Å². The first kappa shape index (κ1) is 27.5. The molecule has 0 saturated carbocycles. The largest absolute Gasteiger partial charge is 0.505 e. The third-order valence-electron chi connectivity index (χ3n) is 4.42. The lowest BCUT2D eigenvalue weighted by atomic mass is 10.1. The molecule has 0 amide bonds. The highest BCUT2D eigenvalue weighted by Crippen LogP contribution is 2.34. The summed E-state index contributed by atoms with van der Waals surface area (Å²) in [4.78, 5) is 16.2. The fourth-order valence-corrected chi connectivity index (χ4v) is 4.60. The first-order chi connectivity index (χ1) is 15.9.